The van der Waals surface area contributed by atoms with E-state index in [0.29, 0.717) is 5.69 Å². The van der Waals surface area contributed by atoms with E-state index in [1.54, 1.807) is 67.9 Å². The Morgan fingerprint density at radius 3 is 1.78 bits per heavy atom. The number of nitrogens with one attached hydrogen (secondary N) is 7. The Morgan fingerprint density at radius 2 is 1.24 bits per heavy atom. The van der Waals surface area contributed by atoms with Gasteiger partial charge in [-0.05, 0) is 48.1 Å². The van der Waals surface area contributed by atoms with Crippen molar-refractivity contribution >= 4 is 71.1 Å². The molecule has 9 amide bonds. The molecule has 0 bridgehead atoms. The van der Waals surface area contributed by atoms with Gasteiger partial charge < -0.3 is 72.8 Å². The minimum Gasteiger partial charge on any atom is -0.481 e. The maximum absolute atomic E-state index is 15.4. The largest absolute Gasteiger partial charge is 0.481 e. The number of carbonyl (C=O) groups is 12. The number of hydrogen-bond donors (Lipinski definition) is 12. The fourth-order valence-electron chi connectivity index (χ4n) is 8.11. The van der Waals surface area contributed by atoms with Crippen LogP contribution >= 0.6 is 0 Å². The first-order valence-electron chi connectivity index (χ1n) is 24.6. The van der Waals surface area contributed by atoms with Crippen LogP contribution in [0.4, 0.5) is 8.78 Å². The van der Waals surface area contributed by atoms with E-state index in [4.69, 9.17) is 10.8 Å². The highest BCUT2D eigenvalue weighted by Gasteiger charge is 2.39. The average molecular weight is 1110 g/mol. The van der Waals surface area contributed by atoms with E-state index in [-0.39, 0.29) is 17.7 Å². The van der Waals surface area contributed by atoms with E-state index in [1.165, 1.54) is 4.90 Å². The third kappa shape index (κ3) is 22.0. The van der Waals surface area contributed by atoms with E-state index in [2.05, 4.69) is 37.2 Å². The van der Waals surface area contributed by atoms with E-state index >= 15 is 4.39 Å². The summed E-state index contributed by atoms with van der Waals surface area (Å²) in [5.41, 5.74) is 5.66. The summed E-state index contributed by atoms with van der Waals surface area (Å²) in [6.07, 6.45) is -2.88. The predicted molar refractivity (Wildman–Crippen MR) is 273 cm³/mol. The number of aliphatic hydroxyl groups is 1. The number of aliphatic hydroxyl groups excluding tert-OH is 1. The van der Waals surface area contributed by atoms with Gasteiger partial charge in [-0.3, -0.25) is 57.5 Å². The van der Waals surface area contributed by atoms with Crippen LogP contribution in [0.15, 0.2) is 60.8 Å². The lowest BCUT2D eigenvalue weighted by Gasteiger charge is -2.41. The number of aromatic nitrogens is 1. The zero-order valence-electron chi connectivity index (χ0n) is 43.8. The zero-order chi connectivity index (χ0) is 59.1. The van der Waals surface area contributed by atoms with Gasteiger partial charge in [0.1, 0.15) is 42.4 Å². The summed E-state index contributed by atoms with van der Waals surface area (Å²) in [6, 6.07) is 5.43. The Kier molecular flexibility index (Phi) is 25.1. The van der Waals surface area contributed by atoms with Crippen LogP contribution < -0.4 is 43.0 Å². The van der Waals surface area contributed by atoms with Crippen molar-refractivity contribution in [2.45, 2.75) is 109 Å². The summed E-state index contributed by atoms with van der Waals surface area (Å²) < 4.78 is 31.7. The van der Waals surface area contributed by atoms with Crippen molar-refractivity contribution in [2.24, 2.45) is 11.1 Å². The molecule has 1 aromatic heterocycles. The molecule has 0 fully saturated rings. The third-order valence-corrected chi connectivity index (χ3v) is 11.7. The number of halogens is 2. The van der Waals surface area contributed by atoms with Crippen LogP contribution in [0, 0.1) is 17.0 Å². The summed E-state index contributed by atoms with van der Waals surface area (Å²) >= 11 is 0. The Bertz CT molecular complexity index is 2700. The second-order valence-electron chi connectivity index (χ2n) is 19.1. The van der Waals surface area contributed by atoms with Gasteiger partial charge in [0, 0.05) is 69.0 Å². The average Bonchev–Trinajstić information content (AvgIpc) is 3.78. The topological polar surface area (TPSA) is 404 Å². The number of hydrogen-bond acceptors (Lipinski definition) is 13. The van der Waals surface area contributed by atoms with E-state index in [9.17, 15) is 77.2 Å². The molecule has 26 nitrogen and oxygen atoms in total. The van der Waals surface area contributed by atoms with Crippen molar-refractivity contribution in [1.82, 2.24) is 46.7 Å². The van der Waals surface area contributed by atoms with E-state index in [1.807, 2.05) is 0 Å². The zero-order valence-corrected chi connectivity index (χ0v) is 43.8. The predicted octanol–water partition coefficient (Wildman–Crippen LogP) is -0.833. The van der Waals surface area contributed by atoms with Crippen molar-refractivity contribution < 1.29 is 86.7 Å². The number of benzene rings is 2. The monoisotopic (exact) mass is 1110 g/mol. The van der Waals surface area contributed by atoms with Gasteiger partial charge in [-0.1, -0.05) is 51.1 Å². The van der Waals surface area contributed by atoms with E-state index < -0.39 is 196 Å². The Balaban J connectivity index is 2.05. The molecule has 3 rings (SSSR count). The third-order valence-electron chi connectivity index (χ3n) is 11.7. The minimum atomic E-state index is -1.92. The van der Waals surface area contributed by atoms with Crippen LogP contribution in [-0.4, -0.2) is 158 Å². The van der Waals surface area contributed by atoms with Gasteiger partial charge in [-0.25, -0.2) is 8.78 Å². The maximum atomic E-state index is 15.4. The molecule has 3 aromatic rings. The number of carboxylic acid groups (broad SMARTS) is 3. The maximum Gasteiger partial charge on any atom is 0.305 e. The molecule has 430 valence electrons. The lowest BCUT2D eigenvalue weighted by atomic mass is 9.82. The first-order valence-corrected chi connectivity index (χ1v) is 24.6. The molecule has 5 atom stereocenters. The van der Waals surface area contributed by atoms with Crippen LogP contribution in [0.2, 0.25) is 0 Å². The highest BCUT2D eigenvalue weighted by atomic mass is 19.1. The van der Waals surface area contributed by atoms with Crippen molar-refractivity contribution in [1.29, 1.82) is 0 Å². The Hall–Kier alpha value is -8.82. The molecule has 2 aromatic carbocycles. The van der Waals surface area contributed by atoms with Crippen molar-refractivity contribution in [2.75, 3.05) is 32.8 Å². The Labute approximate surface area is 451 Å². The van der Waals surface area contributed by atoms with Crippen LogP contribution in [0.25, 0.3) is 11.1 Å². The summed E-state index contributed by atoms with van der Waals surface area (Å²) in [4.78, 5) is 153. The lowest BCUT2D eigenvalue weighted by Crippen LogP contribution is -2.58. The van der Waals surface area contributed by atoms with Crippen LogP contribution in [0.5, 0.6) is 0 Å². The molecule has 28 heteroatoms. The first-order chi connectivity index (χ1) is 37.1. The molecule has 0 aliphatic rings. The second-order valence-corrected chi connectivity index (χ2v) is 19.1. The van der Waals surface area contributed by atoms with Gasteiger partial charge in [-0.15, -0.1) is 0 Å². The van der Waals surface area contributed by atoms with Crippen LogP contribution in [-0.2, 0) is 64.1 Å². The summed E-state index contributed by atoms with van der Waals surface area (Å²) in [5, 5.41) is 53.9. The van der Waals surface area contributed by atoms with Gasteiger partial charge in [0.2, 0.25) is 53.2 Å². The molecule has 0 unspecified atom stereocenters. The Morgan fingerprint density at radius 1 is 0.658 bits per heavy atom. The molecule has 0 spiro atoms. The van der Waals surface area contributed by atoms with Gasteiger partial charge in [0.25, 0.3) is 0 Å². The number of primary amides is 1. The molecule has 13 N–H and O–H groups in total. The molecular formula is C51H66F2N10O16. The van der Waals surface area contributed by atoms with Crippen molar-refractivity contribution in [3.05, 3.63) is 83.7 Å². The molecule has 79 heavy (non-hydrogen) atoms. The SMILES string of the molecule is CC(=O)N[C@H](CC(=O)O)C(=O)N[C@@H](CC(N)=O)C(=O)N[C@@H](CCN(C(=O)CO)[C@@H](c1cc(-c2cc(F)ccc2F)cn1Cc1ccccc1)C(C)(C)C)C(=O)NCCNC(=O)[C@@H](CCC(=O)O)NC(=O)CNC(=O)CCC(=O)O. The molecule has 0 saturated heterocycles. The molecule has 0 radical (unpaired) electrons. The molecule has 1 heterocycles. The number of rotatable bonds is 32. The first kappa shape index (κ1) is 64.5. The highest BCUT2D eigenvalue weighted by Crippen LogP contribution is 2.41. The fraction of sp³-hybridized carbons (Fsp3) is 0.451. The normalized spacial score (nSPS) is 12.9. The van der Waals surface area contributed by atoms with Crippen LogP contribution in [0.1, 0.15) is 89.9 Å². The second kappa shape index (κ2) is 30.8. The lowest BCUT2D eigenvalue weighted by molar-refractivity contribution is -0.141. The number of aliphatic carboxylic acids is 3. The van der Waals surface area contributed by atoms with E-state index in [0.717, 1.165) is 30.7 Å². The fourth-order valence-corrected chi connectivity index (χ4v) is 8.11. The number of amides is 9. The quantitative estimate of drug-likeness (QED) is 0.0340. The molecule has 0 aliphatic heterocycles. The molecular weight excluding hydrogens is 1050 g/mol. The standard InChI is InChI=1S/C51H66F2N10O16/c1-28(65)58-37(23-45(74)75)50(79)61-36(22-39(54)66)49(78)60-35(48(77)56-18-17-55-47(76)34(12-14-43(70)71)59-41(68)24-57-40(67)13-15-44(72)73)16-19-63(42(69)27-64)46(51(2,3)4)38-20-30(32-21-31(52)10-11-33(32)53)26-62(38)25-29-8-6-5-7-9-29/h5-11,20-21,26,34-37,46,64H,12-19,22-25,27H2,1-4H3,(H2,54,66)(H,55,76)(H,56,77)(H,57,67)(H,58,65)(H,59,68)(H,60,78)(H,61,79)(H,70,71)(H,72,73)(H,74,75)/t34-,35+,36+,37-,46+/m1/s1. The van der Waals surface area contributed by atoms with Gasteiger partial charge in [0.15, 0.2) is 0 Å². The van der Waals surface area contributed by atoms with Gasteiger partial charge in [-0.2, -0.15) is 0 Å². The number of carbonyl (C=O) groups excluding carboxylic acids is 9. The summed E-state index contributed by atoms with van der Waals surface area (Å²) in [5.74, 6) is -14.7. The van der Waals surface area contributed by atoms with Crippen molar-refractivity contribution in [3.8, 4) is 11.1 Å². The van der Waals surface area contributed by atoms with Gasteiger partial charge >= 0.3 is 17.9 Å². The van der Waals surface area contributed by atoms with Gasteiger partial charge in [0.05, 0.1) is 31.8 Å². The number of carboxylic acids is 3. The molecule has 0 saturated carbocycles. The van der Waals surface area contributed by atoms with Crippen LogP contribution in [0.3, 0.4) is 0 Å². The number of nitrogens with zero attached hydrogens (tertiary/aromatic N) is 2. The number of nitrogens with two attached hydrogens (primary N) is 1. The van der Waals surface area contributed by atoms with Crippen molar-refractivity contribution in [3.63, 3.8) is 0 Å². The summed E-state index contributed by atoms with van der Waals surface area (Å²) in [7, 11) is 0. The smallest absolute Gasteiger partial charge is 0.305 e. The molecule has 0 aliphatic carbocycles. The highest BCUT2D eigenvalue weighted by molar-refractivity contribution is 5.97. The minimum absolute atomic E-state index is 0.113. The summed E-state index contributed by atoms with van der Waals surface area (Å²) in [6.45, 7) is 3.23.